The van der Waals surface area contributed by atoms with E-state index in [0.29, 0.717) is 11.5 Å². The van der Waals surface area contributed by atoms with Gasteiger partial charge in [0.15, 0.2) is 5.78 Å². The number of carbonyl (C=O) groups is 3. The predicted octanol–water partition coefficient (Wildman–Crippen LogP) is 6.13. The maximum atomic E-state index is 12.8. The van der Waals surface area contributed by atoms with E-state index >= 15 is 0 Å². The van der Waals surface area contributed by atoms with Gasteiger partial charge >= 0.3 is 11.9 Å². The van der Waals surface area contributed by atoms with Gasteiger partial charge in [-0.2, -0.15) is 0 Å². The molecule has 0 radical (unpaired) electrons. The Kier molecular flexibility index (Phi) is 6.05. The van der Waals surface area contributed by atoms with E-state index < -0.39 is 16.8 Å². The van der Waals surface area contributed by atoms with E-state index in [-0.39, 0.29) is 28.0 Å². The molecule has 4 rings (SSSR count). The number of hydrogen-bond acceptors (Lipinski definition) is 5. The fraction of sp³-hybridized carbons (Fsp3) is 0.700. The van der Waals surface area contributed by atoms with Crippen molar-refractivity contribution in [2.24, 2.45) is 33.0 Å². The van der Waals surface area contributed by atoms with Crippen LogP contribution in [-0.4, -0.2) is 31.9 Å². The summed E-state index contributed by atoms with van der Waals surface area (Å²) in [6, 6.07) is 0. The van der Waals surface area contributed by atoms with Crippen molar-refractivity contribution in [2.45, 2.75) is 86.5 Å². The summed E-state index contributed by atoms with van der Waals surface area (Å²) in [5.74, 6) is -0.175. The third-order valence-corrected chi connectivity index (χ3v) is 11.1. The number of ketones is 1. The summed E-state index contributed by atoms with van der Waals surface area (Å²) < 4.78 is 10.2. The summed E-state index contributed by atoms with van der Waals surface area (Å²) >= 11 is 0. The Morgan fingerprint density at radius 3 is 2.14 bits per heavy atom. The van der Waals surface area contributed by atoms with Crippen LogP contribution >= 0.6 is 0 Å². The van der Waals surface area contributed by atoms with E-state index in [1.54, 1.807) is 6.92 Å². The van der Waals surface area contributed by atoms with Crippen LogP contribution in [0.4, 0.5) is 0 Å². The van der Waals surface area contributed by atoms with Crippen LogP contribution in [0, 0.1) is 33.0 Å². The van der Waals surface area contributed by atoms with E-state index in [1.165, 1.54) is 25.9 Å². The molecule has 192 valence electrons. The van der Waals surface area contributed by atoms with Crippen LogP contribution in [0.1, 0.15) is 86.5 Å². The van der Waals surface area contributed by atoms with Crippen molar-refractivity contribution >= 4 is 17.7 Å². The number of esters is 2. The molecule has 3 saturated carbocycles. The first-order valence-corrected chi connectivity index (χ1v) is 13.0. The van der Waals surface area contributed by atoms with Crippen LogP contribution in [0.25, 0.3) is 0 Å². The smallest absolute Gasteiger partial charge is 0.330 e. The first kappa shape index (κ1) is 25.9. The molecule has 1 unspecified atom stereocenters. The van der Waals surface area contributed by atoms with Gasteiger partial charge in [0.25, 0.3) is 0 Å². The number of rotatable bonds is 3. The molecule has 0 amide bonds. The molecule has 5 nitrogen and oxygen atoms in total. The minimum atomic E-state index is -0.459. The highest BCUT2D eigenvalue weighted by molar-refractivity contribution is 6.01. The highest BCUT2D eigenvalue weighted by Gasteiger charge is 2.67. The summed E-state index contributed by atoms with van der Waals surface area (Å²) in [5.41, 5.74) is 1.89. The van der Waals surface area contributed by atoms with Crippen molar-refractivity contribution in [3.05, 3.63) is 34.9 Å². The molecule has 5 heteroatoms. The highest BCUT2D eigenvalue weighted by Crippen LogP contribution is 2.75. The van der Waals surface area contributed by atoms with Crippen molar-refractivity contribution in [1.29, 1.82) is 0 Å². The Morgan fingerprint density at radius 2 is 1.54 bits per heavy atom. The molecule has 0 heterocycles. The van der Waals surface area contributed by atoms with Gasteiger partial charge in [-0.3, -0.25) is 9.59 Å². The second-order valence-corrected chi connectivity index (χ2v) is 12.8. The fourth-order valence-corrected chi connectivity index (χ4v) is 8.53. The van der Waals surface area contributed by atoms with Crippen molar-refractivity contribution in [3.8, 4) is 0 Å². The van der Waals surface area contributed by atoms with Gasteiger partial charge in [-0.1, -0.05) is 45.4 Å². The third kappa shape index (κ3) is 3.51. The van der Waals surface area contributed by atoms with Gasteiger partial charge in [-0.05, 0) is 86.5 Å². The van der Waals surface area contributed by atoms with Crippen molar-refractivity contribution in [1.82, 2.24) is 0 Å². The first-order valence-electron chi connectivity index (χ1n) is 13.0. The van der Waals surface area contributed by atoms with Crippen LogP contribution in [-0.2, 0) is 23.9 Å². The van der Waals surface area contributed by atoms with E-state index in [2.05, 4.69) is 40.7 Å². The largest absolute Gasteiger partial charge is 0.469 e. The van der Waals surface area contributed by atoms with Crippen LogP contribution in [0.5, 0.6) is 0 Å². The number of allylic oxidation sites excluding steroid dienone is 5. The first-order chi connectivity index (χ1) is 16.2. The molecule has 3 fully saturated rings. The van der Waals surface area contributed by atoms with Crippen molar-refractivity contribution < 1.29 is 23.9 Å². The number of hydrogen-bond donors (Lipinski definition) is 0. The lowest BCUT2D eigenvalue weighted by atomic mass is 9.34. The lowest BCUT2D eigenvalue weighted by molar-refractivity contribution is -0.180. The van der Waals surface area contributed by atoms with Gasteiger partial charge < -0.3 is 9.47 Å². The van der Waals surface area contributed by atoms with E-state index in [9.17, 15) is 14.4 Å². The van der Waals surface area contributed by atoms with Gasteiger partial charge in [0.05, 0.1) is 19.6 Å². The molecule has 4 aliphatic rings. The summed E-state index contributed by atoms with van der Waals surface area (Å²) in [6.07, 6.45) is 12.4. The Bertz CT molecular complexity index is 1060. The van der Waals surface area contributed by atoms with Gasteiger partial charge in [0.1, 0.15) is 0 Å². The number of fused-ring (bicyclic) bond motifs is 5. The maximum Gasteiger partial charge on any atom is 0.330 e. The molecule has 0 bridgehead atoms. The lowest BCUT2D eigenvalue weighted by Gasteiger charge is -2.69. The Hall–Kier alpha value is -2.17. The third-order valence-electron chi connectivity index (χ3n) is 11.1. The van der Waals surface area contributed by atoms with E-state index in [0.717, 1.165) is 50.5 Å². The molecule has 0 spiro atoms. The van der Waals surface area contributed by atoms with Gasteiger partial charge in [0, 0.05) is 17.1 Å². The van der Waals surface area contributed by atoms with Crippen LogP contribution in [0.3, 0.4) is 0 Å². The zero-order valence-electron chi connectivity index (χ0n) is 22.8. The average molecular weight is 483 g/mol. The second kappa shape index (κ2) is 8.18. The van der Waals surface area contributed by atoms with Crippen molar-refractivity contribution in [3.63, 3.8) is 0 Å². The van der Waals surface area contributed by atoms with Gasteiger partial charge in [-0.15, -0.1) is 0 Å². The maximum absolute atomic E-state index is 12.8. The average Bonchev–Trinajstić information content (AvgIpc) is 2.81. The SMILES string of the molecule is COC(=O)/C=C1\C(C(C)=O)=CC=C2[C@]3(C)CC[C@@]4(C)CC[C@@](C)(C(=O)OC)CC4[C@@]3(C)CC[C@]21C. The zero-order valence-corrected chi connectivity index (χ0v) is 22.8. The number of methoxy groups -OCH3 is 2. The molecule has 4 aliphatic carbocycles. The standard InChI is InChI=1S/C30H42O5/c1-19(31)20-9-10-22-28(4,21(20)17-24(32)34-7)14-16-30(6)23-18-27(3,25(33)35-8)12-11-26(23,2)13-15-29(22,30)5/h9-10,17,23H,11-16,18H2,1-8H3/b21-17+/t23?,26-,27-,28+,29+,30-/m1/s1. The minimum Gasteiger partial charge on any atom is -0.469 e. The monoisotopic (exact) mass is 482 g/mol. The fourth-order valence-electron chi connectivity index (χ4n) is 8.53. The Morgan fingerprint density at radius 1 is 0.886 bits per heavy atom. The molecule has 0 aromatic heterocycles. The number of Topliss-reactive ketones (excluding diaryl/α,β-unsaturated/α-hetero) is 1. The number of ether oxygens (including phenoxy) is 2. The summed E-state index contributed by atoms with van der Waals surface area (Å²) in [4.78, 5) is 37.8. The summed E-state index contributed by atoms with van der Waals surface area (Å²) in [5, 5.41) is 0. The molecule has 35 heavy (non-hydrogen) atoms. The molecular weight excluding hydrogens is 440 g/mol. The lowest BCUT2D eigenvalue weighted by Crippen LogP contribution is -2.62. The second-order valence-electron chi connectivity index (χ2n) is 12.8. The molecular formula is C30H42O5. The number of carbonyl (C=O) groups excluding carboxylic acids is 3. The highest BCUT2D eigenvalue weighted by atomic mass is 16.5. The molecule has 0 aliphatic heterocycles. The van der Waals surface area contributed by atoms with E-state index in [4.69, 9.17) is 9.47 Å². The molecule has 0 saturated heterocycles. The van der Waals surface area contributed by atoms with Gasteiger partial charge in [-0.25, -0.2) is 4.79 Å². The molecule has 0 aromatic rings. The van der Waals surface area contributed by atoms with Gasteiger partial charge in [0.2, 0.25) is 0 Å². The predicted molar refractivity (Wildman–Crippen MR) is 135 cm³/mol. The minimum absolute atomic E-state index is 0.0149. The quantitative estimate of drug-likeness (QED) is 0.357. The molecule has 0 aromatic carbocycles. The van der Waals surface area contributed by atoms with Crippen molar-refractivity contribution in [2.75, 3.05) is 14.2 Å². The van der Waals surface area contributed by atoms with E-state index in [1.807, 2.05) is 6.08 Å². The van der Waals surface area contributed by atoms with Crippen LogP contribution < -0.4 is 0 Å². The Balaban J connectivity index is 1.85. The molecule has 6 atom stereocenters. The molecule has 0 N–H and O–H groups in total. The summed E-state index contributed by atoms with van der Waals surface area (Å²) in [6.45, 7) is 13.1. The topological polar surface area (TPSA) is 69.7 Å². The van der Waals surface area contributed by atoms with Crippen LogP contribution in [0.2, 0.25) is 0 Å². The normalized spacial score (nSPS) is 43.7. The Labute approximate surface area is 210 Å². The summed E-state index contributed by atoms with van der Waals surface area (Å²) in [7, 11) is 2.88. The zero-order chi connectivity index (χ0) is 26.0. The van der Waals surface area contributed by atoms with Crippen LogP contribution in [0.15, 0.2) is 34.9 Å².